The maximum Gasteiger partial charge on any atom is 0.434 e. The van der Waals surface area contributed by atoms with Crippen LogP contribution in [0.5, 0.6) is 0 Å². The predicted octanol–water partition coefficient (Wildman–Crippen LogP) is 3.66. The van der Waals surface area contributed by atoms with Crippen LogP contribution in [0.4, 0.5) is 23.4 Å². The lowest BCUT2D eigenvalue weighted by atomic mass is 10.0. The van der Waals surface area contributed by atoms with Gasteiger partial charge >= 0.3 is 6.18 Å². The first-order chi connectivity index (χ1) is 16.3. The summed E-state index contributed by atoms with van der Waals surface area (Å²) in [6, 6.07) is 6.70. The standard InChI is InChI=1S/C23H18F4N6O/c24-11-6-30-21(31-7-11)12-3-1-2-4-13(12)22(34)33-10-15-14-5-16(20(33)19(14)15)32-18-9-28-17(8-29-18)23(25,26)27/h1-4,6-9,14-16,19-20H,5,10H2,(H,29,32). The van der Waals surface area contributed by atoms with Crippen LogP contribution in [-0.2, 0) is 6.18 Å². The Morgan fingerprint density at radius 2 is 1.76 bits per heavy atom. The van der Waals surface area contributed by atoms with Gasteiger partial charge in [0.05, 0.1) is 36.4 Å². The highest BCUT2D eigenvalue weighted by atomic mass is 19.4. The first-order valence-corrected chi connectivity index (χ1v) is 10.8. The first kappa shape index (κ1) is 20.9. The Morgan fingerprint density at radius 3 is 2.47 bits per heavy atom. The molecule has 3 aromatic rings. The molecule has 0 spiro atoms. The maximum absolute atomic E-state index is 13.6. The Morgan fingerprint density at radius 1 is 1.00 bits per heavy atom. The van der Waals surface area contributed by atoms with Gasteiger partial charge < -0.3 is 10.2 Å². The molecule has 3 heterocycles. The minimum Gasteiger partial charge on any atom is -0.364 e. The van der Waals surface area contributed by atoms with E-state index in [2.05, 4.69) is 25.3 Å². The van der Waals surface area contributed by atoms with Crippen LogP contribution < -0.4 is 5.32 Å². The van der Waals surface area contributed by atoms with Crippen molar-refractivity contribution in [2.75, 3.05) is 11.9 Å². The molecule has 0 bridgehead atoms. The van der Waals surface area contributed by atoms with Crippen molar-refractivity contribution in [3.63, 3.8) is 0 Å². The molecule has 1 amide bonds. The van der Waals surface area contributed by atoms with E-state index in [1.165, 1.54) is 0 Å². The van der Waals surface area contributed by atoms with E-state index >= 15 is 0 Å². The summed E-state index contributed by atoms with van der Waals surface area (Å²) in [5.74, 6) is 1.04. The van der Waals surface area contributed by atoms with Gasteiger partial charge in [-0.2, -0.15) is 13.2 Å². The van der Waals surface area contributed by atoms with Crippen LogP contribution in [0, 0.1) is 23.6 Å². The molecule has 1 aromatic carbocycles. The van der Waals surface area contributed by atoms with Crippen LogP contribution in [0.2, 0.25) is 0 Å². The van der Waals surface area contributed by atoms with E-state index in [9.17, 15) is 22.4 Å². The molecule has 1 saturated heterocycles. The fourth-order valence-corrected chi connectivity index (χ4v) is 5.62. The van der Waals surface area contributed by atoms with E-state index in [4.69, 9.17) is 0 Å². The van der Waals surface area contributed by atoms with Crippen LogP contribution in [-0.4, -0.2) is 49.4 Å². The smallest absolute Gasteiger partial charge is 0.364 e. The van der Waals surface area contributed by atoms with Crippen molar-refractivity contribution in [3.8, 4) is 11.4 Å². The molecule has 5 unspecified atom stereocenters. The van der Waals surface area contributed by atoms with Crippen molar-refractivity contribution in [3.05, 3.63) is 66.1 Å². The fraction of sp³-hybridized carbons (Fsp3) is 0.348. The number of halogens is 4. The van der Waals surface area contributed by atoms with Gasteiger partial charge in [0.25, 0.3) is 5.91 Å². The normalized spacial score (nSPS) is 26.9. The summed E-state index contributed by atoms with van der Waals surface area (Å²) in [4.78, 5) is 30.8. The van der Waals surface area contributed by atoms with E-state index in [1.54, 1.807) is 24.3 Å². The summed E-state index contributed by atoms with van der Waals surface area (Å²) in [5.41, 5.74) is -0.114. The number of alkyl halides is 3. The number of aromatic nitrogens is 4. The van der Waals surface area contributed by atoms with Crippen molar-refractivity contribution >= 4 is 11.7 Å². The summed E-state index contributed by atoms with van der Waals surface area (Å²) in [7, 11) is 0. The van der Waals surface area contributed by atoms with Crippen LogP contribution in [0.3, 0.4) is 0 Å². The molecule has 1 aliphatic heterocycles. The van der Waals surface area contributed by atoms with Crippen LogP contribution in [0.15, 0.2) is 49.1 Å². The van der Waals surface area contributed by atoms with Crippen molar-refractivity contribution in [1.29, 1.82) is 0 Å². The predicted molar refractivity (Wildman–Crippen MR) is 112 cm³/mol. The lowest BCUT2D eigenvalue weighted by Crippen LogP contribution is -2.45. The van der Waals surface area contributed by atoms with E-state index in [1.807, 2.05) is 4.90 Å². The average molecular weight is 470 g/mol. The molecule has 2 aromatic heterocycles. The number of anilines is 1. The number of likely N-dealkylation sites (tertiary alicyclic amines) is 1. The lowest BCUT2D eigenvalue weighted by Gasteiger charge is -2.30. The molecule has 174 valence electrons. The monoisotopic (exact) mass is 470 g/mol. The lowest BCUT2D eigenvalue weighted by molar-refractivity contribution is -0.141. The molecule has 2 aliphatic carbocycles. The molecule has 6 rings (SSSR count). The number of amides is 1. The van der Waals surface area contributed by atoms with Gasteiger partial charge in [-0.3, -0.25) is 4.79 Å². The zero-order valence-electron chi connectivity index (χ0n) is 17.6. The van der Waals surface area contributed by atoms with Crippen LogP contribution in [0.1, 0.15) is 22.5 Å². The molecule has 7 nitrogen and oxygen atoms in total. The summed E-state index contributed by atoms with van der Waals surface area (Å²) in [5, 5.41) is 3.20. The third-order valence-electron chi connectivity index (χ3n) is 7.05. The Balaban J connectivity index is 1.25. The van der Waals surface area contributed by atoms with Gasteiger partial charge in [-0.05, 0) is 30.2 Å². The zero-order valence-corrected chi connectivity index (χ0v) is 17.6. The van der Waals surface area contributed by atoms with Crippen molar-refractivity contribution < 1.29 is 22.4 Å². The van der Waals surface area contributed by atoms with E-state index in [-0.39, 0.29) is 29.6 Å². The van der Waals surface area contributed by atoms with Crippen molar-refractivity contribution in [1.82, 2.24) is 24.8 Å². The number of carbonyl (C=O) groups is 1. The highest BCUT2D eigenvalue weighted by Gasteiger charge is 2.69. The van der Waals surface area contributed by atoms with Crippen LogP contribution in [0.25, 0.3) is 11.4 Å². The summed E-state index contributed by atoms with van der Waals surface area (Å²) in [6.45, 7) is 0.619. The molecule has 2 saturated carbocycles. The molecule has 5 atom stereocenters. The first-order valence-electron chi connectivity index (χ1n) is 10.8. The molecule has 11 heteroatoms. The maximum atomic E-state index is 13.6. The Hall–Kier alpha value is -3.63. The third-order valence-corrected chi connectivity index (χ3v) is 7.05. The average Bonchev–Trinajstić information content (AvgIpc) is 3.19. The van der Waals surface area contributed by atoms with Gasteiger partial charge in [0, 0.05) is 18.2 Å². The van der Waals surface area contributed by atoms with E-state index in [0.29, 0.717) is 41.6 Å². The third kappa shape index (κ3) is 3.37. The Kier molecular flexibility index (Phi) is 4.58. The second-order valence-corrected chi connectivity index (χ2v) is 8.89. The number of benzene rings is 1. The number of hydrogen-bond donors (Lipinski definition) is 1. The second kappa shape index (κ2) is 7.44. The Labute approximate surface area is 191 Å². The van der Waals surface area contributed by atoms with Gasteiger partial charge in [-0.1, -0.05) is 18.2 Å². The summed E-state index contributed by atoms with van der Waals surface area (Å²) < 4.78 is 51.6. The number of piperidine rings is 1. The molecule has 0 radical (unpaired) electrons. The van der Waals surface area contributed by atoms with Gasteiger partial charge in [-0.25, -0.2) is 24.3 Å². The SMILES string of the molecule is O=C(c1ccccc1-c1ncc(F)cn1)N1CC2C3CC(Nc4cnc(C(F)(F)F)cn4)C1C32. The molecule has 3 aliphatic rings. The van der Waals surface area contributed by atoms with Gasteiger partial charge in [0.1, 0.15) is 5.82 Å². The number of hydrogen-bond acceptors (Lipinski definition) is 6. The minimum atomic E-state index is -4.55. The van der Waals surface area contributed by atoms with E-state index in [0.717, 1.165) is 25.0 Å². The van der Waals surface area contributed by atoms with Crippen LogP contribution >= 0.6 is 0 Å². The number of nitrogens with zero attached hydrogens (tertiary/aromatic N) is 5. The highest BCUT2D eigenvalue weighted by molar-refractivity contribution is 6.00. The summed E-state index contributed by atoms with van der Waals surface area (Å²) >= 11 is 0. The minimum absolute atomic E-state index is 0.103. The summed E-state index contributed by atoms with van der Waals surface area (Å²) in [6.07, 6.45) is 0.158. The Bertz CT molecular complexity index is 1250. The largest absolute Gasteiger partial charge is 0.434 e. The quantitative estimate of drug-likeness (QED) is 0.586. The van der Waals surface area contributed by atoms with Gasteiger partial charge in [-0.15, -0.1) is 0 Å². The highest BCUT2D eigenvalue weighted by Crippen LogP contribution is 2.64. The number of carbonyl (C=O) groups excluding carboxylic acids is 1. The number of nitrogens with one attached hydrogen (secondary N) is 1. The molecule has 34 heavy (non-hydrogen) atoms. The second-order valence-electron chi connectivity index (χ2n) is 8.89. The molecule has 1 N–H and O–H groups in total. The van der Waals surface area contributed by atoms with Crippen molar-refractivity contribution in [2.45, 2.75) is 24.7 Å². The zero-order chi connectivity index (χ0) is 23.6. The van der Waals surface area contributed by atoms with Crippen molar-refractivity contribution in [2.24, 2.45) is 17.8 Å². The van der Waals surface area contributed by atoms with E-state index < -0.39 is 17.7 Å². The topological polar surface area (TPSA) is 83.9 Å². The number of rotatable bonds is 4. The molecular formula is C23H18F4N6O. The number of fused-ring (bicyclic) bond motifs is 1. The molecule has 3 fully saturated rings. The van der Waals surface area contributed by atoms with Gasteiger partial charge in [0.2, 0.25) is 0 Å². The van der Waals surface area contributed by atoms with Gasteiger partial charge in [0.15, 0.2) is 17.3 Å². The molecular weight excluding hydrogens is 452 g/mol. The fourth-order valence-electron chi connectivity index (χ4n) is 5.62.